The van der Waals surface area contributed by atoms with Crippen LogP contribution in [0.3, 0.4) is 0 Å². The lowest BCUT2D eigenvalue weighted by Crippen LogP contribution is -2.48. The molecule has 1 amide bonds. The molecule has 2 aromatic rings. The predicted octanol–water partition coefficient (Wildman–Crippen LogP) is 2.55. The summed E-state index contributed by atoms with van der Waals surface area (Å²) in [5, 5.41) is 16.3. The molecule has 5 nitrogen and oxygen atoms in total. The third-order valence-corrected chi connectivity index (χ3v) is 5.51. The molecule has 26 heavy (non-hydrogen) atoms. The van der Waals surface area contributed by atoms with E-state index in [-0.39, 0.29) is 18.1 Å². The number of aliphatic hydroxyl groups is 1. The molecule has 2 heterocycles. The normalized spacial score (nSPS) is 22.5. The molecule has 0 unspecified atom stereocenters. The van der Waals surface area contributed by atoms with E-state index in [4.69, 9.17) is 0 Å². The van der Waals surface area contributed by atoms with Gasteiger partial charge < -0.3 is 15.7 Å². The first-order valence-corrected chi connectivity index (χ1v) is 9.45. The van der Waals surface area contributed by atoms with Crippen LogP contribution in [0.2, 0.25) is 0 Å². The molecule has 1 atom stereocenters. The quantitative estimate of drug-likeness (QED) is 0.774. The second-order valence-corrected chi connectivity index (χ2v) is 7.36. The third-order valence-electron chi connectivity index (χ3n) is 5.51. The number of hydrogen-bond acceptors (Lipinski definition) is 4. The Bertz CT molecular complexity index is 772. The zero-order valence-corrected chi connectivity index (χ0v) is 14.8. The number of nitrogens with one attached hydrogen (secondary N) is 2. The maximum atomic E-state index is 13.0. The highest BCUT2D eigenvalue weighted by Crippen LogP contribution is 2.32. The zero-order valence-electron chi connectivity index (χ0n) is 14.8. The van der Waals surface area contributed by atoms with E-state index in [1.165, 1.54) is 5.56 Å². The molecular formula is C21H25N3O2. The third kappa shape index (κ3) is 3.58. The van der Waals surface area contributed by atoms with Crippen LogP contribution in [0.5, 0.6) is 0 Å². The molecule has 0 bridgehead atoms. The van der Waals surface area contributed by atoms with Gasteiger partial charge in [-0.25, -0.2) is 0 Å². The SMILES string of the molecule is O=C(N[C@H](Cc1ccccn1)C1CC(O)C1)c1cccc2c1NCCC2. The van der Waals surface area contributed by atoms with Gasteiger partial charge in [0.05, 0.1) is 17.4 Å². The van der Waals surface area contributed by atoms with E-state index in [1.54, 1.807) is 6.20 Å². The molecule has 136 valence electrons. The van der Waals surface area contributed by atoms with Crippen LogP contribution in [-0.2, 0) is 12.8 Å². The second kappa shape index (κ2) is 7.46. The maximum absolute atomic E-state index is 13.0. The fourth-order valence-corrected chi connectivity index (χ4v) is 3.98. The first-order chi connectivity index (χ1) is 12.7. The standard InChI is InChI=1S/C21H25N3O2/c25-17-11-15(12-17)19(13-16-7-1-2-9-22-16)24-21(26)18-8-3-5-14-6-4-10-23-20(14)18/h1-3,5,7-9,15,17,19,23,25H,4,6,10-13H2,(H,24,26)/t15?,17?,19-/m1/s1. The number of amides is 1. The first kappa shape index (κ1) is 17.0. The number of anilines is 1. The van der Waals surface area contributed by atoms with Crippen molar-refractivity contribution in [2.45, 2.75) is 44.2 Å². The topological polar surface area (TPSA) is 74.2 Å². The summed E-state index contributed by atoms with van der Waals surface area (Å²) in [6.45, 7) is 0.906. The Labute approximate surface area is 153 Å². The van der Waals surface area contributed by atoms with E-state index in [9.17, 15) is 9.90 Å². The minimum absolute atomic E-state index is 0.0137. The summed E-state index contributed by atoms with van der Waals surface area (Å²) < 4.78 is 0. The highest BCUT2D eigenvalue weighted by molar-refractivity contribution is 6.00. The number of carbonyl (C=O) groups excluding carboxylic acids is 1. The van der Waals surface area contributed by atoms with Crippen molar-refractivity contribution in [3.63, 3.8) is 0 Å². The number of aliphatic hydroxyl groups excluding tert-OH is 1. The van der Waals surface area contributed by atoms with Crippen LogP contribution in [0.4, 0.5) is 5.69 Å². The lowest BCUT2D eigenvalue weighted by atomic mass is 9.75. The van der Waals surface area contributed by atoms with Crippen molar-refractivity contribution in [2.24, 2.45) is 5.92 Å². The maximum Gasteiger partial charge on any atom is 0.253 e. The van der Waals surface area contributed by atoms with Gasteiger partial charge >= 0.3 is 0 Å². The number of aryl methyl sites for hydroxylation is 1. The van der Waals surface area contributed by atoms with Gasteiger partial charge in [-0.3, -0.25) is 9.78 Å². The fraction of sp³-hybridized carbons (Fsp3) is 0.429. The molecule has 0 spiro atoms. The van der Waals surface area contributed by atoms with Gasteiger partial charge in [-0.15, -0.1) is 0 Å². The minimum atomic E-state index is -0.241. The van der Waals surface area contributed by atoms with Crippen molar-refractivity contribution in [1.29, 1.82) is 0 Å². The Morgan fingerprint density at radius 3 is 2.92 bits per heavy atom. The van der Waals surface area contributed by atoms with E-state index in [1.807, 2.05) is 30.3 Å². The first-order valence-electron chi connectivity index (χ1n) is 9.45. The Morgan fingerprint density at radius 1 is 1.27 bits per heavy atom. The average Bonchev–Trinajstić information content (AvgIpc) is 2.65. The average molecular weight is 351 g/mol. The number of carbonyl (C=O) groups is 1. The summed E-state index contributed by atoms with van der Waals surface area (Å²) in [6.07, 6.45) is 5.81. The summed E-state index contributed by atoms with van der Waals surface area (Å²) in [4.78, 5) is 17.4. The number of pyridine rings is 1. The Balaban J connectivity index is 1.53. The number of rotatable bonds is 5. The van der Waals surface area contributed by atoms with Gasteiger partial charge in [0, 0.05) is 30.9 Å². The van der Waals surface area contributed by atoms with Crippen molar-refractivity contribution < 1.29 is 9.90 Å². The van der Waals surface area contributed by atoms with Crippen LogP contribution in [-0.4, -0.2) is 34.7 Å². The number of benzene rings is 1. The molecule has 5 heteroatoms. The summed E-state index contributed by atoms with van der Waals surface area (Å²) in [7, 11) is 0. The molecule has 1 aromatic heterocycles. The summed E-state index contributed by atoms with van der Waals surface area (Å²) in [5.74, 6) is 0.252. The molecule has 0 saturated heterocycles. The van der Waals surface area contributed by atoms with Crippen LogP contribution in [0.1, 0.15) is 40.9 Å². The van der Waals surface area contributed by atoms with Crippen LogP contribution in [0.25, 0.3) is 0 Å². The van der Waals surface area contributed by atoms with Gasteiger partial charge in [0.15, 0.2) is 0 Å². The van der Waals surface area contributed by atoms with Crippen LogP contribution < -0.4 is 10.6 Å². The van der Waals surface area contributed by atoms with Gasteiger partial charge in [0.2, 0.25) is 0 Å². The van der Waals surface area contributed by atoms with Crippen molar-refractivity contribution in [3.8, 4) is 0 Å². The molecule has 1 fully saturated rings. The monoisotopic (exact) mass is 351 g/mol. The lowest BCUT2D eigenvalue weighted by Gasteiger charge is -2.38. The van der Waals surface area contributed by atoms with Crippen LogP contribution in [0, 0.1) is 5.92 Å². The predicted molar refractivity (Wildman–Crippen MR) is 101 cm³/mol. The van der Waals surface area contributed by atoms with Crippen molar-refractivity contribution in [3.05, 3.63) is 59.4 Å². The largest absolute Gasteiger partial charge is 0.393 e. The Kier molecular flexibility index (Phi) is 4.89. The van der Waals surface area contributed by atoms with E-state index in [0.717, 1.165) is 43.6 Å². The Morgan fingerprint density at radius 2 is 2.15 bits per heavy atom. The molecule has 3 N–H and O–H groups in total. The molecule has 1 aromatic carbocycles. The molecule has 1 aliphatic carbocycles. The van der Waals surface area contributed by atoms with Gasteiger partial charge in [-0.1, -0.05) is 18.2 Å². The molecule has 1 aliphatic heterocycles. The highest BCUT2D eigenvalue weighted by Gasteiger charge is 2.35. The zero-order chi connectivity index (χ0) is 17.9. The highest BCUT2D eigenvalue weighted by atomic mass is 16.3. The van der Waals surface area contributed by atoms with E-state index < -0.39 is 0 Å². The van der Waals surface area contributed by atoms with Crippen molar-refractivity contribution in [2.75, 3.05) is 11.9 Å². The molecule has 4 rings (SSSR count). The van der Waals surface area contributed by atoms with Gasteiger partial charge in [-0.05, 0) is 55.4 Å². The lowest BCUT2D eigenvalue weighted by molar-refractivity contribution is 0.0238. The number of nitrogens with zero attached hydrogens (tertiary/aromatic N) is 1. The smallest absolute Gasteiger partial charge is 0.253 e. The number of fused-ring (bicyclic) bond motifs is 1. The van der Waals surface area contributed by atoms with Gasteiger partial charge in [-0.2, -0.15) is 0 Å². The number of hydrogen-bond donors (Lipinski definition) is 3. The molecular weight excluding hydrogens is 326 g/mol. The van der Waals surface area contributed by atoms with Gasteiger partial charge in [0.25, 0.3) is 5.91 Å². The minimum Gasteiger partial charge on any atom is -0.393 e. The van der Waals surface area contributed by atoms with E-state index >= 15 is 0 Å². The van der Waals surface area contributed by atoms with Crippen molar-refractivity contribution in [1.82, 2.24) is 10.3 Å². The fourth-order valence-electron chi connectivity index (χ4n) is 3.98. The number of para-hydroxylation sites is 1. The van der Waals surface area contributed by atoms with Crippen LogP contribution >= 0.6 is 0 Å². The van der Waals surface area contributed by atoms with E-state index in [2.05, 4.69) is 21.7 Å². The number of aromatic nitrogens is 1. The molecule has 1 saturated carbocycles. The molecule has 2 aliphatic rings. The summed E-state index contributed by atoms with van der Waals surface area (Å²) in [6, 6.07) is 11.8. The summed E-state index contributed by atoms with van der Waals surface area (Å²) in [5.41, 5.74) is 3.87. The van der Waals surface area contributed by atoms with Crippen molar-refractivity contribution >= 4 is 11.6 Å². The Hall–Kier alpha value is -2.40. The second-order valence-electron chi connectivity index (χ2n) is 7.36. The summed E-state index contributed by atoms with van der Waals surface area (Å²) >= 11 is 0. The van der Waals surface area contributed by atoms with Crippen LogP contribution in [0.15, 0.2) is 42.6 Å². The molecule has 0 radical (unpaired) electrons. The van der Waals surface area contributed by atoms with E-state index in [0.29, 0.717) is 17.9 Å². The van der Waals surface area contributed by atoms with Gasteiger partial charge in [0.1, 0.15) is 0 Å².